The van der Waals surface area contributed by atoms with E-state index in [2.05, 4.69) is 38.0 Å². The molecule has 0 aliphatic rings. The largest absolute Gasteiger partial charge is 0.352 e. The molecule has 5 nitrogen and oxygen atoms in total. The summed E-state index contributed by atoms with van der Waals surface area (Å²) in [5, 5.41) is 8.39. The third-order valence-corrected chi connectivity index (χ3v) is 4.96. The maximum absolute atomic E-state index is 12.1. The van der Waals surface area contributed by atoms with E-state index in [9.17, 15) is 4.79 Å². The summed E-state index contributed by atoms with van der Waals surface area (Å²) in [4.78, 5) is 19.9. The quantitative estimate of drug-likeness (QED) is 0.330. The number of carbonyl (C=O) groups is 1. The highest BCUT2D eigenvalue weighted by Crippen LogP contribution is 2.10. The number of benzene rings is 1. The number of carbonyl (C=O) groups excluding carboxylic acids is 1. The number of amides is 1. The average molecular weight is 500 g/mol. The van der Waals surface area contributed by atoms with E-state index in [4.69, 9.17) is 0 Å². The molecule has 0 radical (unpaired) electrons. The van der Waals surface area contributed by atoms with Crippen molar-refractivity contribution in [3.63, 3.8) is 0 Å². The fraction of sp³-hybridized carbons (Fsp3) is 0.400. The van der Waals surface area contributed by atoms with Gasteiger partial charge in [-0.1, -0.05) is 25.1 Å². The molecule has 1 aromatic heterocycles. The predicted octanol–water partition coefficient (Wildman–Crippen LogP) is 3.76. The Bertz CT molecular complexity index is 719. The van der Waals surface area contributed by atoms with E-state index >= 15 is 0 Å². The molecule has 1 aromatic carbocycles. The summed E-state index contributed by atoms with van der Waals surface area (Å²) >= 11 is 1.78. The number of aliphatic imine (C=N–C) groups is 1. The zero-order valence-electron chi connectivity index (χ0n) is 16.2. The molecule has 1 amide bonds. The summed E-state index contributed by atoms with van der Waals surface area (Å²) in [6.45, 7) is 4.27. The van der Waals surface area contributed by atoms with Gasteiger partial charge in [-0.25, -0.2) is 0 Å². The lowest BCUT2D eigenvalue weighted by atomic mass is 10.1. The zero-order chi connectivity index (χ0) is 18.8. The van der Waals surface area contributed by atoms with Crippen molar-refractivity contribution >= 4 is 47.2 Å². The highest BCUT2D eigenvalue weighted by Gasteiger charge is 2.08. The molecular weight excluding hydrogens is 471 g/mol. The average Bonchev–Trinajstić information content (AvgIpc) is 3.18. The Hall–Kier alpha value is -1.61. The highest BCUT2D eigenvalue weighted by atomic mass is 127. The van der Waals surface area contributed by atoms with Crippen LogP contribution >= 0.6 is 35.3 Å². The van der Waals surface area contributed by atoms with Crippen LogP contribution in [0.4, 0.5) is 0 Å². The molecule has 0 fully saturated rings. The first-order valence-corrected chi connectivity index (χ1v) is 9.83. The Labute approximate surface area is 183 Å². The number of hydrogen-bond acceptors (Lipinski definition) is 3. The molecular formula is C20H29IN4OS. The number of nitrogens with zero attached hydrogens (tertiary/aromatic N) is 2. The standard InChI is InChI=1S/C20H28N4OS.HI/c1-4-11-22-19(25)17-8-5-7-16(14-17)15-23-20(21-2)24(3)12-10-18-9-6-13-26-18;/h5-9,13-14H,4,10-12,15H2,1-3H3,(H,21,23)(H,22,25);1H. The first-order valence-electron chi connectivity index (χ1n) is 8.95. The van der Waals surface area contributed by atoms with Crippen LogP contribution in [0, 0.1) is 0 Å². The number of halogens is 1. The maximum atomic E-state index is 12.1. The first-order chi connectivity index (χ1) is 12.6. The van der Waals surface area contributed by atoms with E-state index in [0.717, 1.165) is 30.9 Å². The number of rotatable bonds is 8. The van der Waals surface area contributed by atoms with Crippen LogP contribution in [-0.4, -0.2) is 44.0 Å². The molecule has 0 aliphatic heterocycles. The fourth-order valence-electron chi connectivity index (χ4n) is 2.57. The number of hydrogen-bond donors (Lipinski definition) is 2. The minimum absolute atomic E-state index is 0. The molecule has 0 unspecified atom stereocenters. The number of guanidine groups is 1. The molecule has 7 heteroatoms. The molecule has 0 aliphatic carbocycles. The normalized spacial score (nSPS) is 10.9. The minimum Gasteiger partial charge on any atom is -0.352 e. The Kier molecular flexibility index (Phi) is 11.0. The summed E-state index contributed by atoms with van der Waals surface area (Å²) in [5.74, 6) is 0.827. The van der Waals surface area contributed by atoms with Gasteiger partial charge < -0.3 is 15.5 Å². The molecule has 2 aromatic rings. The van der Waals surface area contributed by atoms with Gasteiger partial charge in [0, 0.05) is 44.2 Å². The van der Waals surface area contributed by atoms with Crippen LogP contribution in [0.15, 0.2) is 46.8 Å². The van der Waals surface area contributed by atoms with Gasteiger partial charge in [-0.15, -0.1) is 35.3 Å². The molecule has 0 saturated heterocycles. The second-order valence-corrected chi connectivity index (χ2v) is 7.14. The topological polar surface area (TPSA) is 56.7 Å². The van der Waals surface area contributed by atoms with Crippen molar-refractivity contribution in [2.75, 3.05) is 27.2 Å². The van der Waals surface area contributed by atoms with Crippen molar-refractivity contribution in [3.05, 3.63) is 57.8 Å². The summed E-state index contributed by atoms with van der Waals surface area (Å²) < 4.78 is 0. The summed E-state index contributed by atoms with van der Waals surface area (Å²) in [6, 6.07) is 11.9. The van der Waals surface area contributed by atoms with Crippen LogP contribution < -0.4 is 10.6 Å². The molecule has 148 valence electrons. The van der Waals surface area contributed by atoms with Gasteiger partial charge >= 0.3 is 0 Å². The van der Waals surface area contributed by atoms with Gasteiger partial charge in [-0.2, -0.15) is 0 Å². The first kappa shape index (κ1) is 23.4. The molecule has 27 heavy (non-hydrogen) atoms. The zero-order valence-corrected chi connectivity index (χ0v) is 19.3. The summed E-state index contributed by atoms with van der Waals surface area (Å²) in [7, 11) is 3.83. The van der Waals surface area contributed by atoms with Crippen LogP contribution in [-0.2, 0) is 13.0 Å². The van der Waals surface area contributed by atoms with Crippen molar-refractivity contribution in [1.82, 2.24) is 15.5 Å². The number of nitrogens with one attached hydrogen (secondary N) is 2. The summed E-state index contributed by atoms with van der Waals surface area (Å²) in [6.07, 6.45) is 1.93. The van der Waals surface area contributed by atoms with Crippen molar-refractivity contribution in [2.45, 2.75) is 26.3 Å². The Balaban J connectivity index is 0.00000364. The minimum atomic E-state index is -0.0221. The van der Waals surface area contributed by atoms with E-state index in [-0.39, 0.29) is 29.9 Å². The van der Waals surface area contributed by atoms with Gasteiger partial charge in [0.15, 0.2) is 5.96 Å². The SMILES string of the molecule is CCCNC(=O)c1cccc(CNC(=NC)N(C)CCc2cccs2)c1.I. The van der Waals surface area contributed by atoms with Crippen molar-refractivity contribution in [3.8, 4) is 0 Å². The van der Waals surface area contributed by atoms with E-state index in [1.54, 1.807) is 18.4 Å². The maximum Gasteiger partial charge on any atom is 0.251 e. The predicted molar refractivity (Wildman–Crippen MR) is 125 cm³/mol. The molecule has 2 N–H and O–H groups in total. The molecule has 0 spiro atoms. The summed E-state index contributed by atoms with van der Waals surface area (Å²) in [5.41, 5.74) is 1.75. The van der Waals surface area contributed by atoms with Gasteiger partial charge in [0.05, 0.1) is 0 Å². The third kappa shape index (κ3) is 7.88. The van der Waals surface area contributed by atoms with E-state index in [1.807, 2.05) is 38.2 Å². The van der Waals surface area contributed by atoms with E-state index in [0.29, 0.717) is 18.7 Å². The monoisotopic (exact) mass is 500 g/mol. The lowest BCUT2D eigenvalue weighted by molar-refractivity contribution is 0.0953. The van der Waals surface area contributed by atoms with E-state index < -0.39 is 0 Å². The lowest BCUT2D eigenvalue weighted by Crippen LogP contribution is -2.39. The smallest absolute Gasteiger partial charge is 0.251 e. The lowest BCUT2D eigenvalue weighted by Gasteiger charge is -2.22. The molecule has 1 heterocycles. The van der Waals surface area contributed by atoms with Crippen LogP contribution in [0.3, 0.4) is 0 Å². The number of likely N-dealkylation sites (N-methyl/N-ethyl adjacent to an activating group) is 1. The molecule has 0 saturated carbocycles. The van der Waals surface area contributed by atoms with Gasteiger partial charge in [0.1, 0.15) is 0 Å². The van der Waals surface area contributed by atoms with Gasteiger partial charge in [-0.3, -0.25) is 9.79 Å². The van der Waals surface area contributed by atoms with Crippen LogP contribution in [0.5, 0.6) is 0 Å². The Morgan fingerprint density at radius 1 is 1.22 bits per heavy atom. The van der Waals surface area contributed by atoms with Gasteiger partial charge in [-0.05, 0) is 42.0 Å². The number of thiophene rings is 1. The second kappa shape index (κ2) is 12.7. The fourth-order valence-corrected chi connectivity index (χ4v) is 3.27. The van der Waals surface area contributed by atoms with Crippen molar-refractivity contribution in [1.29, 1.82) is 0 Å². The van der Waals surface area contributed by atoms with Crippen molar-refractivity contribution in [2.24, 2.45) is 4.99 Å². The van der Waals surface area contributed by atoms with Gasteiger partial charge in [0.25, 0.3) is 5.91 Å². The second-order valence-electron chi connectivity index (χ2n) is 6.11. The van der Waals surface area contributed by atoms with E-state index in [1.165, 1.54) is 4.88 Å². The van der Waals surface area contributed by atoms with Crippen LogP contribution in [0.2, 0.25) is 0 Å². The third-order valence-electron chi connectivity index (χ3n) is 4.02. The van der Waals surface area contributed by atoms with Gasteiger partial charge in [0.2, 0.25) is 0 Å². The molecule has 0 atom stereocenters. The highest BCUT2D eigenvalue weighted by molar-refractivity contribution is 14.0. The van der Waals surface area contributed by atoms with Crippen molar-refractivity contribution < 1.29 is 4.79 Å². The van der Waals surface area contributed by atoms with Crippen LogP contribution in [0.25, 0.3) is 0 Å². The van der Waals surface area contributed by atoms with Crippen LogP contribution in [0.1, 0.15) is 34.1 Å². The molecule has 2 rings (SSSR count). The Morgan fingerprint density at radius 2 is 2.04 bits per heavy atom. The molecule has 0 bridgehead atoms. The Morgan fingerprint density at radius 3 is 2.70 bits per heavy atom.